The van der Waals surface area contributed by atoms with E-state index in [0.717, 1.165) is 41.7 Å². The third-order valence-electron chi connectivity index (χ3n) is 6.95. The standard InChI is InChI=1S/C27H33N3O3/c1-4-8-20-11-15-23(16-12-20)27(3)25(32)30(26(33)28-27)18-24(31)29(19(2)22-13-14-22)17-21-9-6-5-7-10-21/h5-7,9-12,15-16,19,22H,4,8,13-14,17-18H2,1-3H3,(H,28,33)/t19-,27+/m1/s1. The maximum atomic E-state index is 13.4. The van der Waals surface area contributed by atoms with Gasteiger partial charge in [0.15, 0.2) is 0 Å². The summed E-state index contributed by atoms with van der Waals surface area (Å²) in [6.45, 7) is 6.11. The summed E-state index contributed by atoms with van der Waals surface area (Å²) in [6.07, 6.45) is 4.22. The lowest BCUT2D eigenvalue weighted by Gasteiger charge is -2.31. The number of nitrogens with one attached hydrogen (secondary N) is 1. The van der Waals surface area contributed by atoms with Gasteiger partial charge in [0.05, 0.1) is 0 Å². The lowest BCUT2D eigenvalue weighted by atomic mass is 9.91. The average molecular weight is 448 g/mol. The van der Waals surface area contributed by atoms with Crippen LogP contribution in [0.3, 0.4) is 0 Å². The van der Waals surface area contributed by atoms with E-state index in [-0.39, 0.29) is 24.4 Å². The first-order valence-corrected chi connectivity index (χ1v) is 11.9. The van der Waals surface area contributed by atoms with Crippen molar-refractivity contribution in [2.45, 2.75) is 64.6 Å². The zero-order valence-electron chi connectivity index (χ0n) is 19.7. The van der Waals surface area contributed by atoms with Crippen molar-refractivity contribution in [2.24, 2.45) is 5.92 Å². The van der Waals surface area contributed by atoms with Crippen LogP contribution in [0.15, 0.2) is 54.6 Å². The number of urea groups is 1. The highest BCUT2D eigenvalue weighted by Gasteiger charge is 2.50. The second kappa shape index (κ2) is 9.38. The van der Waals surface area contributed by atoms with Crippen molar-refractivity contribution in [1.82, 2.24) is 15.1 Å². The number of benzene rings is 2. The van der Waals surface area contributed by atoms with E-state index in [9.17, 15) is 14.4 Å². The van der Waals surface area contributed by atoms with Gasteiger partial charge < -0.3 is 10.2 Å². The molecule has 2 atom stereocenters. The van der Waals surface area contributed by atoms with Gasteiger partial charge in [0, 0.05) is 12.6 Å². The van der Waals surface area contributed by atoms with Gasteiger partial charge in [-0.2, -0.15) is 0 Å². The molecule has 0 unspecified atom stereocenters. The minimum Gasteiger partial charge on any atom is -0.334 e. The Morgan fingerprint density at radius 2 is 1.76 bits per heavy atom. The predicted molar refractivity (Wildman–Crippen MR) is 127 cm³/mol. The van der Waals surface area contributed by atoms with E-state index in [0.29, 0.717) is 12.5 Å². The number of hydrogen-bond acceptors (Lipinski definition) is 3. The Hall–Kier alpha value is -3.15. The molecule has 2 aliphatic rings. The van der Waals surface area contributed by atoms with E-state index in [1.165, 1.54) is 5.56 Å². The van der Waals surface area contributed by atoms with Gasteiger partial charge in [-0.1, -0.05) is 67.9 Å². The summed E-state index contributed by atoms with van der Waals surface area (Å²) in [4.78, 5) is 42.4. The highest BCUT2D eigenvalue weighted by molar-refractivity contribution is 6.09. The molecule has 2 aromatic carbocycles. The van der Waals surface area contributed by atoms with Gasteiger partial charge in [-0.3, -0.25) is 14.5 Å². The smallest absolute Gasteiger partial charge is 0.325 e. The molecule has 4 amide bonds. The van der Waals surface area contributed by atoms with Crippen molar-refractivity contribution < 1.29 is 14.4 Å². The Balaban J connectivity index is 1.51. The van der Waals surface area contributed by atoms with Gasteiger partial charge in [-0.05, 0) is 55.7 Å². The summed E-state index contributed by atoms with van der Waals surface area (Å²) in [7, 11) is 0. The molecule has 1 aliphatic carbocycles. The topological polar surface area (TPSA) is 69.7 Å². The fourth-order valence-electron chi connectivity index (χ4n) is 4.63. The van der Waals surface area contributed by atoms with Gasteiger partial charge in [0.2, 0.25) is 5.91 Å². The lowest BCUT2D eigenvalue weighted by Crippen LogP contribution is -2.47. The van der Waals surface area contributed by atoms with Crippen molar-refractivity contribution in [3.05, 3.63) is 71.3 Å². The molecule has 33 heavy (non-hydrogen) atoms. The Labute approximate surface area is 196 Å². The molecule has 6 heteroatoms. The third-order valence-corrected chi connectivity index (χ3v) is 6.95. The predicted octanol–water partition coefficient (Wildman–Crippen LogP) is 4.23. The number of rotatable bonds is 9. The third kappa shape index (κ3) is 4.80. The summed E-state index contributed by atoms with van der Waals surface area (Å²) < 4.78 is 0. The van der Waals surface area contributed by atoms with Crippen LogP contribution >= 0.6 is 0 Å². The van der Waals surface area contributed by atoms with Crippen LogP contribution in [0.4, 0.5) is 4.79 Å². The number of imide groups is 1. The maximum Gasteiger partial charge on any atom is 0.325 e. The Morgan fingerprint density at radius 1 is 1.09 bits per heavy atom. The molecule has 6 nitrogen and oxygen atoms in total. The van der Waals surface area contributed by atoms with E-state index < -0.39 is 11.6 Å². The van der Waals surface area contributed by atoms with E-state index >= 15 is 0 Å². The number of aryl methyl sites for hydroxylation is 1. The normalized spacial score (nSPS) is 21.1. The molecule has 2 aromatic rings. The minimum atomic E-state index is -1.17. The van der Waals surface area contributed by atoms with Crippen LogP contribution in [0.2, 0.25) is 0 Å². The first-order valence-electron chi connectivity index (χ1n) is 11.9. The zero-order chi connectivity index (χ0) is 23.6. The summed E-state index contributed by atoms with van der Waals surface area (Å²) >= 11 is 0. The SMILES string of the molecule is CCCc1ccc([C@]2(C)NC(=O)N(CC(=O)N(Cc3ccccc3)[C@H](C)C3CC3)C2=O)cc1. The molecule has 0 radical (unpaired) electrons. The van der Waals surface area contributed by atoms with E-state index in [1.807, 2.05) is 59.5 Å². The second-order valence-electron chi connectivity index (χ2n) is 9.48. The Kier molecular flexibility index (Phi) is 6.54. The maximum absolute atomic E-state index is 13.4. The molecule has 0 spiro atoms. The molecule has 0 aromatic heterocycles. The summed E-state index contributed by atoms with van der Waals surface area (Å²) in [5.41, 5.74) is 1.78. The van der Waals surface area contributed by atoms with E-state index in [4.69, 9.17) is 0 Å². The van der Waals surface area contributed by atoms with Gasteiger partial charge in [0.1, 0.15) is 12.1 Å². The number of hydrogen-bond donors (Lipinski definition) is 1. The lowest BCUT2D eigenvalue weighted by molar-refractivity contribution is -0.140. The van der Waals surface area contributed by atoms with Crippen molar-refractivity contribution >= 4 is 17.8 Å². The average Bonchev–Trinajstić information content (AvgIpc) is 3.63. The highest BCUT2D eigenvalue weighted by atomic mass is 16.2. The van der Waals surface area contributed by atoms with Crippen molar-refractivity contribution in [1.29, 1.82) is 0 Å². The minimum absolute atomic E-state index is 0.0657. The molecule has 1 saturated heterocycles. The number of nitrogens with zero attached hydrogens (tertiary/aromatic N) is 2. The van der Waals surface area contributed by atoms with Crippen LogP contribution in [0.25, 0.3) is 0 Å². The number of carbonyl (C=O) groups is 3. The van der Waals surface area contributed by atoms with Gasteiger partial charge in [-0.15, -0.1) is 0 Å². The first-order chi connectivity index (χ1) is 15.8. The second-order valence-corrected chi connectivity index (χ2v) is 9.48. The van der Waals surface area contributed by atoms with Crippen LogP contribution in [0, 0.1) is 5.92 Å². The van der Waals surface area contributed by atoms with Crippen LogP contribution < -0.4 is 5.32 Å². The molecule has 4 rings (SSSR count). The Bertz CT molecular complexity index is 1020. The zero-order valence-corrected chi connectivity index (χ0v) is 19.7. The van der Waals surface area contributed by atoms with E-state index in [2.05, 4.69) is 19.2 Å². The fraction of sp³-hybridized carbons (Fsp3) is 0.444. The largest absolute Gasteiger partial charge is 0.334 e. The molecular weight excluding hydrogens is 414 g/mol. The molecule has 0 bridgehead atoms. The molecule has 1 aliphatic heterocycles. The monoisotopic (exact) mass is 447 g/mol. The van der Waals surface area contributed by atoms with Crippen molar-refractivity contribution in [3.8, 4) is 0 Å². The van der Waals surface area contributed by atoms with Crippen LogP contribution in [0.5, 0.6) is 0 Å². The molecule has 1 heterocycles. The Morgan fingerprint density at radius 3 is 2.36 bits per heavy atom. The van der Waals surface area contributed by atoms with Crippen molar-refractivity contribution in [3.63, 3.8) is 0 Å². The van der Waals surface area contributed by atoms with Crippen LogP contribution in [-0.4, -0.2) is 40.2 Å². The first kappa shape index (κ1) is 23.0. The van der Waals surface area contributed by atoms with Gasteiger partial charge in [-0.25, -0.2) is 4.79 Å². The van der Waals surface area contributed by atoms with Gasteiger partial charge >= 0.3 is 6.03 Å². The number of amides is 4. The summed E-state index contributed by atoms with van der Waals surface area (Å²) in [5.74, 6) is -0.111. The molecule has 1 N–H and O–H groups in total. The van der Waals surface area contributed by atoms with Crippen LogP contribution in [0.1, 0.15) is 56.7 Å². The van der Waals surface area contributed by atoms with Crippen molar-refractivity contribution in [2.75, 3.05) is 6.54 Å². The van der Waals surface area contributed by atoms with E-state index in [1.54, 1.807) is 6.92 Å². The van der Waals surface area contributed by atoms with Crippen LogP contribution in [-0.2, 0) is 28.1 Å². The number of carbonyl (C=O) groups excluding carboxylic acids is 3. The fourth-order valence-corrected chi connectivity index (χ4v) is 4.63. The molecule has 2 fully saturated rings. The summed E-state index contributed by atoms with van der Waals surface area (Å²) in [5, 5.41) is 2.82. The molecular formula is C27H33N3O3. The molecule has 174 valence electrons. The summed E-state index contributed by atoms with van der Waals surface area (Å²) in [6, 6.07) is 17.2. The van der Waals surface area contributed by atoms with Gasteiger partial charge in [0.25, 0.3) is 5.91 Å². The quantitative estimate of drug-likeness (QED) is 0.585. The highest BCUT2D eigenvalue weighted by Crippen LogP contribution is 2.36. The molecule has 1 saturated carbocycles.